The molecule has 1 heterocycles. The van der Waals surface area contributed by atoms with Crippen LogP contribution in [0.4, 0.5) is 10.5 Å². The van der Waals surface area contributed by atoms with E-state index in [2.05, 4.69) is 12.6 Å². The summed E-state index contributed by atoms with van der Waals surface area (Å²) in [4.78, 5) is 32.7. The average Bonchev–Trinajstić information content (AvgIpc) is 2.48. The smallest absolute Gasteiger partial charge is 0.342 e. The molecule has 2 amide bonds. The summed E-state index contributed by atoms with van der Waals surface area (Å²) in [6.45, 7) is 1.71. The van der Waals surface area contributed by atoms with E-state index in [1.165, 1.54) is 12.5 Å². The number of likely N-dealkylation sites (tertiary alicyclic amines) is 1. The lowest BCUT2D eigenvalue weighted by molar-refractivity contribution is -0.385. The maximum Gasteiger partial charge on any atom is 0.342 e. The van der Waals surface area contributed by atoms with Crippen molar-refractivity contribution in [3.05, 3.63) is 33.9 Å². The summed E-state index contributed by atoms with van der Waals surface area (Å²) in [5.74, 6) is -1.32. The number of aromatic carboxylic acids is 1. The molecule has 0 aliphatic carbocycles. The van der Waals surface area contributed by atoms with E-state index in [0.29, 0.717) is 4.90 Å². The van der Waals surface area contributed by atoms with Crippen LogP contribution in [0.25, 0.3) is 0 Å². The van der Waals surface area contributed by atoms with E-state index in [9.17, 15) is 19.7 Å². The van der Waals surface area contributed by atoms with Gasteiger partial charge in [-0.2, -0.15) is 0 Å². The van der Waals surface area contributed by atoms with Gasteiger partial charge in [0.2, 0.25) is 0 Å². The van der Waals surface area contributed by atoms with Crippen LogP contribution in [0, 0.1) is 10.1 Å². The van der Waals surface area contributed by atoms with Gasteiger partial charge in [-0.15, -0.1) is 12.6 Å². The van der Waals surface area contributed by atoms with Gasteiger partial charge in [-0.05, 0) is 31.4 Å². The lowest BCUT2D eigenvalue weighted by atomic mass is 10.1. The van der Waals surface area contributed by atoms with Crippen LogP contribution in [-0.4, -0.2) is 40.0 Å². The third-order valence-corrected chi connectivity index (χ3v) is 3.35. The molecule has 1 aliphatic rings. The molecule has 8 nitrogen and oxygen atoms in total. The van der Waals surface area contributed by atoms with Gasteiger partial charge in [0.05, 0.1) is 4.92 Å². The van der Waals surface area contributed by atoms with Crippen molar-refractivity contribution in [2.45, 2.75) is 24.2 Å². The number of carboxylic acid groups (broad SMARTS) is 1. The number of benzene rings is 1. The SMILES string of the molecule is NC(=O)N1CCCCC1.O=C(O)c1ccc(S)cc1[N+](=O)[O-]. The maximum absolute atomic E-state index is 10.5. The van der Waals surface area contributed by atoms with Gasteiger partial charge in [0.1, 0.15) is 5.56 Å². The Balaban J connectivity index is 0.000000235. The number of primary amides is 1. The number of thiol groups is 1. The first-order valence-electron chi connectivity index (χ1n) is 6.58. The van der Waals surface area contributed by atoms with E-state index in [1.807, 2.05) is 0 Å². The van der Waals surface area contributed by atoms with Gasteiger partial charge < -0.3 is 15.7 Å². The minimum atomic E-state index is -1.32. The predicted molar refractivity (Wildman–Crippen MR) is 82.3 cm³/mol. The fraction of sp³-hybridized carbons (Fsp3) is 0.385. The molecule has 0 atom stereocenters. The number of urea groups is 1. The number of nitrogens with zero attached hydrogens (tertiary/aromatic N) is 2. The molecule has 1 aromatic carbocycles. The van der Waals surface area contributed by atoms with Crippen LogP contribution >= 0.6 is 12.6 Å². The third-order valence-electron chi connectivity index (χ3n) is 3.08. The van der Waals surface area contributed by atoms with Gasteiger partial charge in [-0.3, -0.25) is 10.1 Å². The molecule has 1 aliphatic heterocycles. The Morgan fingerprint density at radius 3 is 2.27 bits per heavy atom. The number of rotatable bonds is 2. The molecule has 0 bridgehead atoms. The number of carbonyl (C=O) groups excluding carboxylic acids is 1. The Morgan fingerprint density at radius 2 is 1.86 bits per heavy atom. The molecule has 1 fully saturated rings. The number of amides is 2. The maximum atomic E-state index is 10.5. The Hall–Kier alpha value is -2.29. The fourth-order valence-electron chi connectivity index (χ4n) is 1.97. The number of piperidine rings is 1. The van der Waals surface area contributed by atoms with Crippen molar-refractivity contribution in [2.75, 3.05) is 13.1 Å². The summed E-state index contributed by atoms with van der Waals surface area (Å²) < 4.78 is 0. The van der Waals surface area contributed by atoms with Crippen LogP contribution < -0.4 is 5.73 Å². The summed E-state index contributed by atoms with van der Waals surface area (Å²) in [6.07, 6.45) is 3.47. The van der Waals surface area contributed by atoms with Crippen LogP contribution in [0.1, 0.15) is 29.6 Å². The summed E-state index contributed by atoms with van der Waals surface area (Å²) in [7, 11) is 0. The molecule has 9 heteroatoms. The predicted octanol–water partition coefficient (Wildman–Crippen LogP) is 2.13. The number of nitro benzene ring substituents is 1. The number of nitro groups is 1. The normalized spacial score (nSPS) is 13.8. The van der Waals surface area contributed by atoms with Crippen molar-refractivity contribution in [1.29, 1.82) is 0 Å². The second-order valence-electron chi connectivity index (χ2n) is 4.65. The zero-order valence-corrected chi connectivity index (χ0v) is 12.7. The molecular weight excluding hydrogens is 310 g/mol. The third kappa shape index (κ3) is 5.24. The zero-order chi connectivity index (χ0) is 16.7. The highest BCUT2D eigenvalue weighted by molar-refractivity contribution is 7.80. The highest BCUT2D eigenvalue weighted by Gasteiger charge is 2.19. The summed E-state index contributed by atoms with van der Waals surface area (Å²) in [5.41, 5.74) is 4.28. The molecule has 2 rings (SSSR count). The van der Waals surface area contributed by atoms with Crippen molar-refractivity contribution in [3.8, 4) is 0 Å². The minimum absolute atomic E-state index is 0.269. The van der Waals surface area contributed by atoms with Crippen LogP contribution in [0.2, 0.25) is 0 Å². The molecule has 120 valence electrons. The first kappa shape index (κ1) is 17.8. The largest absolute Gasteiger partial charge is 0.477 e. The van der Waals surface area contributed by atoms with Gasteiger partial charge >= 0.3 is 12.0 Å². The van der Waals surface area contributed by atoms with Crippen molar-refractivity contribution in [3.63, 3.8) is 0 Å². The molecule has 1 aromatic rings. The zero-order valence-electron chi connectivity index (χ0n) is 11.8. The van der Waals surface area contributed by atoms with E-state index in [1.54, 1.807) is 4.90 Å². The van der Waals surface area contributed by atoms with E-state index in [0.717, 1.165) is 38.1 Å². The lowest BCUT2D eigenvalue weighted by Crippen LogP contribution is -2.39. The Labute approximate surface area is 132 Å². The van der Waals surface area contributed by atoms with E-state index in [-0.39, 0.29) is 11.6 Å². The highest BCUT2D eigenvalue weighted by atomic mass is 32.1. The molecule has 0 radical (unpaired) electrons. The van der Waals surface area contributed by atoms with Crippen molar-refractivity contribution in [1.82, 2.24) is 4.90 Å². The summed E-state index contributed by atoms with van der Waals surface area (Å²) in [5, 5.41) is 19.0. The molecule has 3 N–H and O–H groups in total. The summed E-state index contributed by atoms with van der Waals surface area (Å²) >= 11 is 3.87. The number of carbonyl (C=O) groups is 2. The fourth-order valence-corrected chi connectivity index (χ4v) is 2.16. The van der Waals surface area contributed by atoms with Gasteiger partial charge in [-0.1, -0.05) is 0 Å². The first-order valence-corrected chi connectivity index (χ1v) is 7.02. The van der Waals surface area contributed by atoms with Crippen molar-refractivity contribution < 1.29 is 19.6 Å². The minimum Gasteiger partial charge on any atom is -0.477 e. The van der Waals surface area contributed by atoms with Crippen LogP contribution in [0.3, 0.4) is 0 Å². The number of nitrogens with two attached hydrogens (primary N) is 1. The second-order valence-corrected chi connectivity index (χ2v) is 5.17. The number of hydrogen-bond donors (Lipinski definition) is 3. The topological polar surface area (TPSA) is 127 Å². The highest BCUT2D eigenvalue weighted by Crippen LogP contribution is 2.21. The van der Waals surface area contributed by atoms with Gasteiger partial charge in [-0.25, -0.2) is 9.59 Å². The monoisotopic (exact) mass is 327 g/mol. The number of hydrogen-bond acceptors (Lipinski definition) is 5. The van der Waals surface area contributed by atoms with Gasteiger partial charge in [0.15, 0.2) is 0 Å². The quantitative estimate of drug-likeness (QED) is 0.435. The summed E-state index contributed by atoms with van der Waals surface area (Å²) in [6, 6.07) is 3.38. The van der Waals surface area contributed by atoms with Crippen molar-refractivity contribution in [2.24, 2.45) is 5.73 Å². The molecule has 0 unspecified atom stereocenters. The average molecular weight is 327 g/mol. The lowest BCUT2D eigenvalue weighted by Gasteiger charge is -2.24. The van der Waals surface area contributed by atoms with Crippen molar-refractivity contribution >= 4 is 30.3 Å². The molecule has 22 heavy (non-hydrogen) atoms. The van der Waals surface area contributed by atoms with E-state index >= 15 is 0 Å². The molecule has 1 saturated heterocycles. The molecule has 0 aromatic heterocycles. The second kappa shape index (κ2) is 8.23. The Bertz CT molecular complexity index is 573. The number of carboxylic acids is 1. The molecule has 0 spiro atoms. The van der Waals surface area contributed by atoms with Gasteiger partial charge in [0, 0.05) is 24.1 Å². The van der Waals surface area contributed by atoms with E-state index < -0.39 is 16.6 Å². The van der Waals surface area contributed by atoms with Gasteiger partial charge in [0.25, 0.3) is 5.69 Å². The standard InChI is InChI=1S/C7H5NO4S.C6H12N2O/c9-7(10)5-2-1-4(13)3-6(5)8(11)12;7-6(9)8-4-2-1-3-5-8/h1-3,13H,(H,9,10);1-5H2,(H2,7,9). The Morgan fingerprint density at radius 1 is 1.27 bits per heavy atom. The van der Waals surface area contributed by atoms with E-state index in [4.69, 9.17) is 10.8 Å². The van der Waals surface area contributed by atoms with Crippen LogP contribution in [0.15, 0.2) is 23.1 Å². The molecule has 0 saturated carbocycles. The molecular formula is C13H17N3O5S. The first-order chi connectivity index (χ1) is 10.3. The van der Waals surface area contributed by atoms with Crippen LogP contribution in [-0.2, 0) is 0 Å². The van der Waals surface area contributed by atoms with Crippen LogP contribution in [0.5, 0.6) is 0 Å². The Kier molecular flexibility index (Phi) is 6.64.